The van der Waals surface area contributed by atoms with Crippen LogP contribution < -0.4 is 15.8 Å². The second kappa shape index (κ2) is 8.23. The fraction of sp³-hybridized carbons (Fsp3) is 0.227. The Morgan fingerprint density at radius 2 is 1.77 bits per heavy atom. The minimum absolute atomic E-state index is 0.243. The van der Waals surface area contributed by atoms with E-state index < -0.39 is 6.03 Å². The fourth-order valence-corrected chi connectivity index (χ4v) is 4.32. The third-order valence-corrected chi connectivity index (χ3v) is 6.03. The smallest absolute Gasteiger partial charge is 0.307 e. The van der Waals surface area contributed by atoms with Crippen LogP contribution in [0, 0.1) is 6.92 Å². The molecule has 1 N–H and O–H groups in total. The predicted molar refractivity (Wildman–Crippen MR) is 123 cm³/mol. The Labute approximate surface area is 179 Å². The number of urea groups is 1. The Balaban J connectivity index is 1.82. The number of nitrogens with one attached hydrogen (secondary N) is 1. The van der Waals surface area contributed by atoms with Gasteiger partial charge in [0.2, 0.25) is 0 Å². The van der Waals surface area contributed by atoms with Crippen molar-refractivity contribution in [2.75, 3.05) is 16.8 Å². The number of aliphatic imine (C=N–C) groups is 1. The van der Waals surface area contributed by atoms with E-state index in [1.807, 2.05) is 74.6 Å². The number of amidine groups is 1. The zero-order valence-electron chi connectivity index (χ0n) is 17.1. The third kappa shape index (κ3) is 3.66. The van der Waals surface area contributed by atoms with Crippen molar-refractivity contribution in [3.63, 3.8) is 0 Å². The summed E-state index contributed by atoms with van der Waals surface area (Å²) in [6.07, 6.45) is 0. The summed E-state index contributed by atoms with van der Waals surface area (Å²) in [6.45, 7) is 4.49. The summed E-state index contributed by atoms with van der Waals surface area (Å²) in [5.41, 5.74) is 2.09. The molecule has 1 aliphatic heterocycles. The second-order valence-corrected chi connectivity index (χ2v) is 8.50. The first-order chi connectivity index (χ1) is 14.5. The van der Waals surface area contributed by atoms with Crippen LogP contribution in [0.25, 0.3) is 5.69 Å². The van der Waals surface area contributed by atoms with Gasteiger partial charge < -0.3 is 5.32 Å². The standard InChI is InChI=1S/C22H23N5O2S/c1-15-14-23-22(30-15)26(21(29)24-17-10-6-4-7-11-17)19-16(2)25(3)27(20(19)28)18-12-8-5-9-13-18/h4-13,15H,14H2,1-3H3,(H,24,29)/t15-/m1/s1. The van der Waals surface area contributed by atoms with Crippen molar-refractivity contribution in [1.29, 1.82) is 0 Å². The van der Waals surface area contributed by atoms with Crippen molar-refractivity contribution in [2.45, 2.75) is 19.1 Å². The van der Waals surface area contributed by atoms with E-state index in [-0.39, 0.29) is 10.8 Å². The molecule has 1 aliphatic rings. The molecule has 154 valence electrons. The fourth-order valence-electron chi connectivity index (χ4n) is 3.38. The van der Waals surface area contributed by atoms with Gasteiger partial charge in [-0.25, -0.2) is 14.4 Å². The topological polar surface area (TPSA) is 71.6 Å². The number of nitrogens with zero attached hydrogens (tertiary/aromatic N) is 4. The van der Waals surface area contributed by atoms with Gasteiger partial charge in [-0.2, -0.15) is 0 Å². The Hall–Kier alpha value is -3.26. The summed E-state index contributed by atoms with van der Waals surface area (Å²) in [5, 5.41) is 3.66. The molecular formula is C22H23N5O2S. The number of rotatable bonds is 3. The van der Waals surface area contributed by atoms with Crippen LogP contribution in [-0.4, -0.2) is 32.4 Å². The number of anilines is 2. The van der Waals surface area contributed by atoms with Gasteiger partial charge in [0.1, 0.15) is 5.69 Å². The lowest BCUT2D eigenvalue weighted by Crippen LogP contribution is -2.41. The van der Waals surface area contributed by atoms with Gasteiger partial charge in [0.25, 0.3) is 5.56 Å². The average molecular weight is 422 g/mol. The van der Waals surface area contributed by atoms with Gasteiger partial charge in [-0.05, 0) is 31.2 Å². The highest BCUT2D eigenvalue weighted by molar-refractivity contribution is 8.15. The maximum atomic E-state index is 13.5. The number of para-hydroxylation sites is 2. The second-order valence-electron chi connectivity index (χ2n) is 7.09. The molecule has 0 aliphatic carbocycles. The molecule has 0 saturated carbocycles. The lowest BCUT2D eigenvalue weighted by atomic mass is 10.3. The Bertz CT molecular complexity index is 1150. The van der Waals surface area contributed by atoms with E-state index in [1.165, 1.54) is 16.7 Å². The zero-order valence-corrected chi connectivity index (χ0v) is 17.9. The van der Waals surface area contributed by atoms with E-state index in [4.69, 9.17) is 0 Å². The first kappa shape index (κ1) is 20.0. The summed E-state index contributed by atoms with van der Waals surface area (Å²) in [4.78, 5) is 32.8. The quantitative estimate of drug-likeness (QED) is 0.694. The number of carbonyl (C=O) groups is 1. The molecule has 0 radical (unpaired) electrons. The van der Waals surface area contributed by atoms with Gasteiger partial charge in [0.05, 0.1) is 17.9 Å². The first-order valence-electron chi connectivity index (χ1n) is 9.68. The third-order valence-electron chi connectivity index (χ3n) is 4.96. The highest BCUT2D eigenvalue weighted by atomic mass is 32.2. The number of amides is 2. The number of hydrogen-bond donors (Lipinski definition) is 1. The maximum Gasteiger partial charge on any atom is 0.332 e. The molecule has 0 saturated heterocycles. The zero-order chi connectivity index (χ0) is 21.3. The van der Waals surface area contributed by atoms with E-state index >= 15 is 0 Å². The van der Waals surface area contributed by atoms with E-state index in [0.717, 1.165) is 5.69 Å². The van der Waals surface area contributed by atoms with Crippen LogP contribution in [0.4, 0.5) is 16.2 Å². The van der Waals surface area contributed by atoms with Gasteiger partial charge in [-0.3, -0.25) is 14.5 Å². The molecular weight excluding hydrogens is 398 g/mol. The van der Waals surface area contributed by atoms with Crippen molar-refractivity contribution in [3.05, 3.63) is 76.7 Å². The normalized spacial score (nSPS) is 15.7. The lowest BCUT2D eigenvalue weighted by molar-refractivity contribution is 0.259. The SMILES string of the molecule is Cc1c(N(C(=O)Nc2ccccc2)C2=NC[C@@H](C)S2)c(=O)n(-c2ccccc2)n1C. The molecule has 1 atom stereocenters. The summed E-state index contributed by atoms with van der Waals surface area (Å²) in [5.74, 6) is 0. The molecule has 4 rings (SSSR count). The van der Waals surface area contributed by atoms with Crippen LogP contribution in [-0.2, 0) is 7.05 Å². The predicted octanol–water partition coefficient (Wildman–Crippen LogP) is 4.01. The van der Waals surface area contributed by atoms with Crippen molar-refractivity contribution >= 4 is 34.3 Å². The van der Waals surface area contributed by atoms with Crippen LogP contribution in [0.15, 0.2) is 70.5 Å². The monoisotopic (exact) mass is 421 g/mol. The van der Waals surface area contributed by atoms with Crippen molar-refractivity contribution in [3.8, 4) is 5.69 Å². The summed E-state index contributed by atoms with van der Waals surface area (Å²) in [6, 6.07) is 18.2. The van der Waals surface area contributed by atoms with Gasteiger partial charge in [0.15, 0.2) is 5.17 Å². The summed E-state index contributed by atoms with van der Waals surface area (Å²) < 4.78 is 3.33. The highest BCUT2D eigenvalue weighted by Crippen LogP contribution is 2.29. The molecule has 2 aromatic carbocycles. The molecule has 0 fully saturated rings. The Kier molecular flexibility index (Phi) is 5.50. The number of hydrogen-bond acceptors (Lipinski definition) is 4. The molecule has 0 spiro atoms. The van der Waals surface area contributed by atoms with Gasteiger partial charge >= 0.3 is 6.03 Å². The Morgan fingerprint density at radius 3 is 2.37 bits per heavy atom. The van der Waals surface area contributed by atoms with E-state index in [1.54, 1.807) is 9.36 Å². The molecule has 30 heavy (non-hydrogen) atoms. The van der Waals surface area contributed by atoms with Crippen LogP contribution >= 0.6 is 11.8 Å². The van der Waals surface area contributed by atoms with Crippen molar-refractivity contribution in [2.24, 2.45) is 12.0 Å². The lowest BCUT2D eigenvalue weighted by Gasteiger charge is -2.21. The van der Waals surface area contributed by atoms with Crippen molar-refractivity contribution < 1.29 is 4.79 Å². The summed E-state index contributed by atoms with van der Waals surface area (Å²) in [7, 11) is 1.81. The van der Waals surface area contributed by atoms with Gasteiger partial charge in [0, 0.05) is 18.0 Å². The van der Waals surface area contributed by atoms with Crippen LogP contribution in [0.3, 0.4) is 0 Å². The largest absolute Gasteiger partial charge is 0.332 e. The first-order valence-corrected chi connectivity index (χ1v) is 10.6. The number of carbonyl (C=O) groups excluding carboxylic acids is 1. The van der Waals surface area contributed by atoms with Gasteiger partial charge in [-0.1, -0.05) is 55.1 Å². The Morgan fingerprint density at radius 1 is 1.13 bits per heavy atom. The molecule has 3 aromatic rings. The highest BCUT2D eigenvalue weighted by Gasteiger charge is 2.33. The molecule has 1 aromatic heterocycles. The number of benzene rings is 2. The summed E-state index contributed by atoms with van der Waals surface area (Å²) >= 11 is 1.49. The molecule has 2 heterocycles. The van der Waals surface area contributed by atoms with Crippen molar-refractivity contribution in [1.82, 2.24) is 9.36 Å². The minimum Gasteiger partial charge on any atom is -0.307 e. The van der Waals surface area contributed by atoms with E-state index in [0.29, 0.717) is 28.8 Å². The van der Waals surface area contributed by atoms with Crippen LogP contribution in [0.1, 0.15) is 12.6 Å². The minimum atomic E-state index is -0.410. The molecule has 0 bridgehead atoms. The number of thioether (sulfide) groups is 1. The van der Waals surface area contributed by atoms with E-state index in [2.05, 4.69) is 17.2 Å². The van der Waals surface area contributed by atoms with Crippen LogP contribution in [0.2, 0.25) is 0 Å². The van der Waals surface area contributed by atoms with Crippen LogP contribution in [0.5, 0.6) is 0 Å². The average Bonchev–Trinajstić information content (AvgIpc) is 3.26. The maximum absolute atomic E-state index is 13.5. The van der Waals surface area contributed by atoms with E-state index in [9.17, 15) is 9.59 Å². The molecule has 0 unspecified atom stereocenters. The molecule has 7 nitrogen and oxygen atoms in total. The van der Waals surface area contributed by atoms with Gasteiger partial charge in [-0.15, -0.1) is 0 Å². The molecule has 8 heteroatoms. The number of aromatic nitrogens is 2. The molecule has 2 amide bonds.